The van der Waals surface area contributed by atoms with Crippen LogP contribution in [0.1, 0.15) is 56.3 Å². The number of nitrogens with zero attached hydrogens (tertiary/aromatic N) is 3. The van der Waals surface area contributed by atoms with Gasteiger partial charge in [-0.05, 0) is 58.6 Å². The Labute approximate surface area is 194 Å². The van der Waals surface area contributed by atoms with Crippen LogP contribution in [0.2, 0.25) is 0 Å². The molecule has 1 aliphatic carbocycles. The van der Waals surface area contributed by atoms with E-state index in [1.54, 1.807) is 24.4 Å². The van der Waals surface area contributed by atoms with Gasteiger partial charge in [0.1, 0.15) is 5.82 Å². The summed E-state index contributed by atoms with van der Waals surface area (Å²) in [5.74, 6) is 1.13. The fraction of sp³-hybridized carbons (Fsp3) is 0.333. The number of carbonyl (C=O) groups excluding carboxylic acids is 1. The monoisotopic (exact) mass is 497 g/mol. The minimum atomic E-state index is -0.448. The normalized spacial score (nSPS) is 14.7. The Morgan fingerprint density at radius 2 is 1.97 bits per heavy atom. The number of rotatable bonds is 5. The fourth-order valence-electron chi connectivity index (χ4n) is 4.06. The second-order valence-electron chi connectivity index (χ2n) is 7.81. The van der Waals surface area contributed by atoms with E-state index in [2.05, 4.69) is 21.0 Å². The van der Waals surface area contributed by atoms with E-state index in [-0.39, 0.29) is 11.5 Å². The zero-order chi connectivity index (χ0) is 22.7. The van der Waals surface area contributed by atoms with Gasteiger partial charge in [-0.3, -0.25) is 9.59 Å². The van der Waals surface area contributed by atoms with Crippen LogP contribution in [-0.2, 0) is 4.79 Å². The largest absolute Gasteiger partial charge is 0.493 e. The number of hydrogen-bond acceptors (Lipinski definition) is 6. The molecule has 0 aliphatic heterocycles. The predicted octanol–water partition coefficient (Wildman–Crippen LogP) is 5.02. The van der Waals surface area contributed by atoms with Gasteiger partial charge in [-0.15, -0.1) is 0 Å². The third-order valence-corrected chi connectivity index (χ3v) is 6.16. The van der Waals surface area contributed by atoms with Crippen molar-refractivity contribution < 1.29 is 14.3 Å². The van der Waals surface area contributed by atoms with Crippen LogP contribution in [0.25, 0.3) is 10.9 Å². The average Bonchev–Trinajstić information content (AvgIpc) is 2.80. The summed E-state index contributed by atoms with van der Waals surface area (Å²) in [4.78, 5) is 29.5. The summed E-state index contributed by atoms with van der Waals surface area (Å²) in [5, 5.41) is 5.08. The first-order chi connectivity index (χ1) is 15.5. The summed E-state index contributed by atoms with van der Waals surface area (Å²) >= 11 is 3.42. The number of halogens is 1. The Morgan fingerprint density at radius 1 is 1.22 bits per heavy atom. The van der Waals surface area contributed by atoms with Crippen molar-refractivity contribution in [1.82, 2.24) is 9.66 Å². The van der Waals surface area contributed by atoms with Gasteiger partial charge in [-0.2, -0.15) is 9.78 Å². The van der Waals surface area contributed by atoms with E-state index in [0.717, 1.165) is 25.7 Å². The molecule has 0 N–H and O–H groups in total. The number of benzene rings is 2. The predicted molar refractivity (Wildman–Crippen MR) is 127 cm³/mol. The first-order valence-electron chi connectivity index (χ1n) is 10.6. The van der Waals surface area contributed by atoms with Crippen molar-refractivity contribution in [3.05, 3.63) is 62.6 Å². The van der Waals surface area contributed by atoms with Crippen molar-refractivity contribution in [2.24, 2.45) is 5.10 Å². The summed E-state index contributed by atoms with van der Waals surface area (Å²) in [7, 11) is 1.49. The van der Waals surface area contributed by atoms with Gasteiger partial charge >= 0.3 is 5.97 Å². The van der Waals surface area contributed by atoms with Crippen LogP contribution in [0, 0.1) is 0 Å². The van der Waals surface area contributed by atoms with Crippen molar-refractivity contribution in [3.63, 3.8) is 0 Å². The fourth-order valence-corrected chi connectivity index (χ4v) is 4.60. The topological polar surface area (TPSA) is 82.8 Å². The Bertz CT molecular complexity index is 1250. The van der Waals surface area contributed by atoms with Crippen LogP contribution >= 0.6 is 15.9 Å². The van der Waals surface area contributed by atoms with Crippen molar-refractivity contribution in [2.75, 3.05) is 7.11 Å². The van der Waals surface area contributed by atoms with E-state index in [1.165, 1.54) is 25.1 Å². The van der Waals surface area contributed by atoms with E-state index in [4.69, 9.17) is 14.5 Å². The number of methoxy groups -OCH3 is 1. The maximum Gasteiger partial charge on any atom is 0.308 e. The van der Waals surface area contributed by atoms with Gasteiger partial charge in [0.2, 0.25) is 0 Å². The quantitative estimate of drug-likeness (QED) is 0.280. The molecule has 1 aliphatic rings. The first-order valence-corrected chi connectivity index (χ1v) is 11.4. The van der Waals surface area contributed by atoms with Crippen LogP contribution in [0.4, 0.5) is 0 Å². The van der Waals surface area contributed by atoms with E-state index < -0.39 is 5.97 Å². The van der Waals surface area contributed by atoms with Crippen molar-refractivity contribution in [2.45, 2.75) is 44.9 Å². The molecule has 3 aromatic rings. The lowest BCUT2D eigenvalue weighted by Gasteiger charge is -2.22. The highest BCUT2D eigenvalue weighted by Gasteiger charge is 2.22. The lowest BCUT2D eigenvalue weighted by molar-refractivity contribution is -0.132. The number of esters is 1. The standard InChI is InChI=1S/C24H24BrN3O4/c1-15(29)32-22-19(25)12-16(13-21(22)31-2)14-26-28-23(17-8-4-3-5-9-17)27-20-11-7-6-10-18(20)24(28)30/h6-7,10-14,17H,3-5,8-9H2,1-2H3. The number of para-hydroxylation sites is 1. The first kappa shape index (κ1) is 22.2. The summed E-state index contributed by atoms with van der Waals surface area (Å²) in [5.41, 5.74) is 1.19. The molecule has 0 atom stereocenters. The molecule has 32 heavy (non-hydrogen) atoms. The van der Waals surface area contributed by atoms with E-state index in [9.17, 15) is 9.59 Å². The highest BCUT2D eigenvalue weighted by atomic mass is 79.9. The van der Waals surface area contributed by atoms with Gasteiger partial charge in [-0.1, -0.05) is 31.4 Å². The molecule has 4 rings (SSSR count). The van der Waals surface area contributed by atoms with E-state index in [0.29, 0.717) is 38.3 Å². The molecule has 0 unspecified atom stereocenters. The van der Waals surface area contributed by atoms with Gasteiger partial charge in [0, 0.05) is 12.8 Å². The van der Waals surface area contributed by atoms with Crippen LogP contribution < -0.4 is 15.0 Å². The molecule has 0 amide bonds. The van der Waals surface area contributed by atoms with Gasteiger partial charge in [-0.25, -0.2) is 4.98 Å². The summed E-state index contributed by atoms with van der Waals surface area (Å²) in [6.07, 6.45) is 7.04. The molecule has 0 radical (unpaired) electrons. The molecule has 0 spiro atoms. The minimum absolute atomic E-state index is 0.185. The molecule has 0 saturated heterocycles. The maximum absolute atomic E-state index is 13.3. The van der Waals surface area contributed by atoms with Crippen molar-refractivity contribution in [3.8, 4) is 11.5 Å². The summed E-state index contributed by atoms with van der Waals surface area (Å²) in [6.45, 7) is 1.33. The number of ether oxygens (including phenoxy) is 2. The van der Waals surface area contributed by atoms with Crippen molar-refractivity contribution >= 4 is 39.0 Å². The van der Waals surface area contributed by atoms with Crippen LogP contribution in [0.15, 0.2) is 50.8 Å². The lowest BCUT2D eigenvalue weighted by Crippen LogP contribution is -2.25. The van der Waals surface area contributed by atoms with E-state index >= 15 is 0 Å². The number of hydrogen-bond donors (Lipinski definition) is 0. The Morgan fingerprint density at radius 3 is 2.69 bits per heavy atom. The van der Waals surface area contributed by atoms with Crippen molar-refractivity contribution in [1.29, 1.82) is 0 Å². The Balaban J connectivity index is 1.79. The van der Waals surface area contributed by atoms with Gasteiger partial charge in [0.05, 0.1) is 28.7 Å². The second kappa shape index (κ2) is 9.65. The third kappa shape index (κ3) is 4.60. The molecule has 7 nitrogen and oxygen atoms in total. The third-order valence-electron chi connectivity index (χ3n) is 5.57. The molecule has 1 saturated carbocycles. The summed E-state index contributed by atoms with van der Waals surface area (Å²) < 4.78 is 12.6. The highest BCUT2D eigenvalue weighted by molar-refractivity contribution is 9.10. The number of carbonyl (C=O) groups is 1. The summed E-state index contributed by atoms with van der Waals surface area (Å²) in [6, 6.07) is 10.8. The molecular weight excluding hydrogens is 474 g/mol. The minimum Gasteiger partial charge on any atom is -0.493 e. The highest BCUT2D eigenvalue weighted by Crippen LogP contribution is 2.36. The van der Waals surface area contributed by atoms with E-state index in [1.807, 2.05) is 18.2 Å². The Hall–Kier alpha value is -3.00. The van der Waals surface area contributed by atoms with Crippen LogP contribution in [0.5, 0.6) is 11.5 Å². The van der Waals surface area contributed by atoms with Gasteiger partial charge in [0.25, 0.3) is 5.56 Å². The molecule has 2 aromatic carbocycles. The zero-order valence-corrected chi connectivity index (χ0v) is 19.6. The molecule has 1 fully saturated rings. The smallest absolute Gasteiger partial charge is 0.308 e. The zero-order valence-electron chi connectivity index (χ0n) is 18.0. The Kier molecular flexibility index (Phi) is 6.69. The molecule has 1 aromatic heterocycles. The van der Waals surface area contributed by atoms with Crippen LogP contribution in [0.3, 0.4) is 0 Å². The van der Waals surface area contributed by atoms with Gasteiger partial charge < -0.3 is 9.47 Å². The van der Waals surface area contributed by atoms with Crippen LogP contribution in [-0.4, -0.2) is 29.0 Å². The van der Waals surface area contributed by atoms with Gasteiger partial charge in [0.15, 0.2) is 11.5 Å². The average molecular weight is 498 g/mol. The maximum atomic E-state index is 13.3. The molecular formula is C24H24BrN3O4. The number of fused-ring (bicyclic) bond motifs is 1. The lowest BCUT2D eigenvalue weighted by atomic mass is 9.88. The molecule has 0 bridgehead atoms. The molecule has 1 heterocycles. The number of aromatic nitrogens is 2. The molecule has 166 valence electrons. The second-order valence-corrected chi connectivity index (χ2v) is 8.67. The molecule has 8 heteroatoms. The SMILES string of the molecule is COc1cc(C=Nn2c(C3CCCCC3)nc3ccccc3c2=O)cc(Br)c1OC(C)=O.